The first kappa shape index (κ1) is 16.1. The zero-order valence-electron chi connectivity index (χ0n) is 12.6. The molecule has 0 radical (unpaired) electrons. The van der Waals surface area contributed by atoms with E-state index in [1.165, 1.54) is 17.9 Å². The van der Waals surface area contributed by atoms with E-state index < -0.39 is 0 Å². The van der Waals surface area contributed by atoms with Crippen molar-refractivity contribution in [1.29, 1.82) is 0 Å². The van der Waals surface area contributed by atoms with Crippen LogP contribution in [0.4, 0.5) is 0 Å². The zero-order chi connectivity index (χ0) is 14.1. The fourth-order valence-electron chi connectivity index (χ4n) is 1.88. The summed E-state index contributed by atoms with van der Waals surface area (Å²) in [4.78, 5) is 4.54. The van der Waals surface area contributed by atoms with E-state index in [0.29, 0.717) is 0 Å². The molecule has 2 aromatic rings. The molecule has 3 heteroatoms. The van der Waals surface area contributed by atoms with Crippen molar-refractivity contribution < 1.29 is 4.74 Å². The molecular formula is C16H22LiNO. The van der Waals surface area contributed by atoms with Gasteiger partial charge in [-0.2, -0.15) is 0 Å². The molecule has 1 heterocycles. The van der Waals surface area contributed by atoms with E-state index >= 15 is 0 Å². The summed E-state index contributed by atoms with van der Waals surface area (Å²) in [7, 11) is 1.68. The first-order valence-corrected chi connectivity index (χ1v) is 7.19. The number of rotatable bonds is 4. The van der Waals surface area contributed by atoms with Gasteiger partial charge in [0.25, 0.3) is 0 Å². The quantitative estimate of drug-likeness (QED) is 0.760. The third-order valence-corrected chi connectivity index (χ3v) is 3.03. The molecule has 2 rings (SSSR count). The molecule has 0 fully saturated rings. The normalized spacial score (nSPS) is 9.95. The van der Waals surface area contributed by atoms with Crippen LogP contribution >= 0.6 is 0 Å². The number of aryl methyl sites for hydroxylation is 1. The molecule has 0 aliphatic carbocycles. The van der Waals surface area contributed by atoms with Gasteiger partial charge in [-0.1, -0.05) is 25.1 Å². The zero-order valence-corrected chi connectivity index (χ0v) is 12.6. The molecule has 0 unspecified atom stereocenters. The second-order valence-corrected chi connectivity index (χ2v) is 4.54. The predicted octanol–water partition coefficient (Wildman–Crippen LogP) is 4.18. The minimum atomic E-state index is 0.845. The van der Waals surface area contributed by atoms with Gasteiger partial charge in [0, 0.05) is 11.1 Å². The van der Waals surface area contributed by atoms with Crippen LogP contribution in [0.5, 0.6) is 5.75 Å². The monoisotopic (exact) mass is 251 g/mol. The molecule has 98 valence electrons. The number of methoxy groups -OCH3 is 1. The van der Waals surface area contributed by atoms with E-state index in [9.17, 15) is 0 Å². The average molecular weight is 251 g/mol. The Labute approximate surface area is 125 Å². The maximum atomic E-state index is 5.26. The van der Waals surface area contributed by atoms with E-state index in [1.807, 2.05) is 18.2 Å². The van der Waals surface area contributed by atoms with Gasteiger partial charge in [0.2, 0.25) is 0 Å². The molecule has 0 saturated carbocycles. The third-order valence-electron chi connectivity index (χ3n) is 3.03. The molecule has 0 atom stereocenters. The number of ether oxygens (including phenoxy) is 1. The number of hydrogen-bond donors (Lipinski definition) is 0. The molecule has 0 bridgehead atoms. The fourth-order valence-corrected chi connectivity index (χ4v) is 1.88. The summed E-state index contributed by atoms with van der Waals surface area (Å²) in [5, 5.41) is 2.47. The van der Waals surface area contributed by atoms with Crippen LogP contribution in [0.1, 0.15) is 32.4 Å². The molecule has 0 aliphatic rings. The van der Waals surface area contributed by atoms with Gasteiger partial charge in [0.15, 0.2) is 0 Å². The van der Waals surface area contributed by atoms with Crippen LogP contribution in [0, 0.1) is 0 Å². The Morgan fingerprint density at radius 3 is 2.47 bits per heavy atom. The Morgan fingerprint density at radius 1 is 1.16 bits per heavy atom. The first-order valence-electron chi connectivity index (χ1n) is 7.19. The average Bonchev–Trinajstić information content (AvgIpc) is 2.47. The van der Waals surface area contributed by atoms with Crippen LogP contribution in [0.15, 0.2) is 30.3 Å². The molecule has 0 aliphatic heterocycles. The SMILES string of the molecule is CCc1ccc2cccc(OC)c2n1.[Li][CH2]CCC. The fraction of sp³-hybridized carbons (Fsp3) is 0.438. The molecule has 19 heavy (non-hydrogen) atoms. The van der Waals surface area contributed by atoms with Crippen molar-refractivity contribution >= 4 is 28.6 Å². The van der Waals surface area contributed by atoms with Crippen LogP contribution in [0.25, 0.3) is 10.9 Å². The van der Waals surface area contributed by atoms with E-state index in [4.69, 9.17) is 4.74 Å². The standard InChI is InChI=1S/C12H13NO.C4H9.Li/c1-3-10-8-7-9-5-4-6-11(14-2)12(9)13-10;1-3-4-2;/h4-8H,3H2,1-2H3;1,3-4H2,2H3;. The topological polar surface area (TPSA) is 22.1 Å². The van der Waals surface area contributed by atoms with Crippen molar-refractivity contribution in [1.82, 2.24) is 4.98 Å². The van der Waals surface area contributed by atoms with Crippen molar-refractivity contribution in [2.75, 3.05) is 7.11 Å². The third kappa shape index (κ3) is 4.89. The Balaban J connectivity index is 0.000000312. The Hall–Kier alpha value is -0.973. The molecular weight excluding hydrogens is 229 g/mol. The van der Waals surface area contributed by atoms with Crippen LogP contribution < -0.4 is 4.74 Å². The number of benzene rings is 1. The Bertz CT molecular complexity index is 497. The van der Waals surface area contributed by atoms with Gasteiger partial charge in [-0.25, -0.2) is 4.98 Å². The summed E-state index contributed by atoms with van der Waals surface area (Å²) in [6.07, 6.45) is 3.69. The second-order valence-electron chi connectivity index (χ2n) is 4.54. The van der Waals surface area contributed by atoms with Crippen molar-refractivity contribution in [3.8, 4) is 5.75 Å². The van der Waals surface area contributed by atoms with Crippen LogP contribution in [-0.2, 0) is 6.42 Å². The van der Waals surface area contributed by atoms with Gasteiger partial charge in [-0.05, 0) is 18.6 Å². The summed E-state index contributed by atoms with van der Waals surface area (Å²) < 4.78 is 5.26. The van der Waals surface area contributed by atoms with Gasteiger partial charge >= 0.3 is 42.6 Å². The summed E-state index contributed by atoms with van der Waals surface area (Å²) in [6.45, 7) is 4.31. The van der Waals surface area contributed by atoms with Gasteiger partial charge in [0.1, 0.15) is 11.3 Å². The number of unbranched alkanes of at least 4 members (excludes halogenated alkanes) is 1. The molecule has 0 saturated heterocycles. The molecule has 0 spiro atoms. The molecule has 0 amide bonds. The second kappa shape index (κ2) is 9.01. The maximum absolute atomic E-state index is 5.26. The number of aromatic nitrogens is 1. The van der Waals surface area contributed by atoms with E-state index in [0.717, 1.165) is 28.8 Å². The molecule has 0 N–H and O–H groups in total. The minimum absolute atomic E-state index is 0.845. The predicted molar refractivity (Wildman–Crippen MR) is 83.1 cm³/mol. The van der Waals surface area contributed by atoms with Gasteiger partial charge in [0.05, 0.1) is 7.11 Å². The van der Waals surface area contributed by atoms with Crippen LogP contribution in [0.3, 0.4) is 0 Å². The summed E-state index contributed by atoms with van der Waals surface area (Å²) in [6, 6.07) is 10.1. The van der Waals surface area contributed by atoms with Crippen LogP contribution in [0.2, 0.25) is 5.09 Å². The number of nitrogens with zero attached hydrogens (tertiary/aromatic N) is 1. The van der Waals surface area contributed by atoms with E-state index in [1.54, 1.807) is 7.11 Å². The van der Waals surface area contributed by atoms with Crippen molar-refractivity contribution in [3.63, 3.8) is 0 Å². The molecule has 2 nitrogen and oxygen atoms in total. The summed E-state index contributed by atoms with van der Waals surface area (Å²) >= 11 is 2.21. The van der Waals surface area contributed by atoms with Gasteiger partial charge in [-0.15, -0.1) is 0 Å². The summed E-state index contributed by atoms with van der Waals surface area (Å²) in [5.41, 5.74) is 2.05. The first-order chi connectivity index (χ1) is 9.26. The van der Waals surface area contributed by atoms with Gasteiger partial charge < -0.3 is 4.74 Å². The molecule has 1 aromatic heterocycles. The Kier molecular flexibility index (Phi) is 7.63. The number of fused-ring (bicyclic) bond motifs is 1. The van der Waals surface area contributed by atoms with Crippen molar-refractivity contribution in [3.05, 3.63) is 36.0 Å². The van der Waals surface area contributed by atoms with Crippen LogP contribution in [-0.4, -0.2) is 29.8 Å². The number of pyridine rings is 1. The Morgan fingerprint density at radius 2 is 1.95 bits per heavy atom. The number of hydrogen-bond acceptors (Lipinski definition) is 2. The van der Waals surface area contributed by atoms with Crippen molar-refractivity contribution in [2.45, 2.75) is 38.2 Å². The van der Waals surface area contributed by atoms with Crippen molar-refractivity contribution in [2.24, 2.45) is 0 Å². The van der Waals surface area contributed by atoms with Gasteiger partial charge in [-0.3, -0.25) is 0 Å². The van der Waals surface area contributed by atoms with E-state index in [2.05, 4.69) is 48.7 Å². The van der Waals surface area contributed by atoms with E-state index in [-0.39, 0.29) is 0 Å². The molecule has 1 aromatic carbocycles. The summed E-state index contributed by atoms with van der Waals surface area (Å²) in [5.74, 6) is 0.845. The number of para-hydroxylation sites is 1.